The number of likely N-dealkylation sites (tertiary alicyclic amines) is 1. The summed E-state index contributed by atoms with van der Waals surface area (Å²) in [4.78, 5) is 60.7. The number of imidazole rings is 1. The van der Waals surface area contributed by atoms with Crippen molar-refractivity contribution in [3.63, 3.8) is 0 Å². The van der Waals surface area contributed by atoms with Gasteiger partial charge in [0.1, 0.15) is 22.5 Å². The molecule has 274 valence electrons. The standard InChI is InChI=1S/C39H45FN6O6/c1-38(2,3)51-36(49)42-31-22-11-13-28(31)45(19-22)35(48)23-14-25(40)33-26(15-23)41-34(43(33)7)29-16-21-10-12-27-24(32(21)44(29)18-20-8-9-20)17-30(47)46(27)37(50)52-39(4,5)6/h10,12,14-16,20,22,28,31H,8-9,11,13,17-19H2,1-7H3,(H,42,49)/t22-,28-,31-/m1/s1. The molecule has 4 aromatic rings. The maximum absolute atomic E-state index is 16.1. The number of hydrogen-bond acceptors (Lipinski definition) is 7. The number of imide groups is 1. The van der Waals surface area contributed by atoms with Crippen LogP contribution in [0.2, 0.25) is 0 Å². The van der Waals surface area contributed by atoms with Crippen LogP contribution in [0.4, 0.5) is 19.7 Å². The van der Waals surface area contributed by atoms with E-state index in [2.05, 4.69) is 9.88 Å². The number of halogens is 1. The van der Waals surface area contributed by atoms with Crippen molar-refractivity contribution >= 4 is 51.6 Å². The molecule has 3 fully saturated rings. The van der Waals surface area contributed by atoms with Crippen molar-refractivity contribution < 1.29 is 33.0 Å². The molecule has 4 amide bonds. The van der Waals surface area contributed by atoms with Crippen molar-refractivity contribution in [1.82, 2.24) is 24.3 Å². The first-order valence-electron chi connectivity index (χ1n) is 18.2. The zero-order valence-corrected chi connectivity index (χ0v) is 30.7. The molecule has 2 saturated carbocycles. The van der Waals surface area contributed by atoms with Gasteiger partial charge in [0.05, 0.1) is 40.9 Å². The molecule has 2 aromatic heterocycles. The molecule has 2 bridgehead atoms. The van der Waals surface area contributed by atoms with Gasteiger partial charge < -0.3 is 28.8 Å². The van der Waals surface area contributed by atoms with Gasteiger partial charge in [0.2, 0.25) is 5.91 Å². The van der Waals surface area contributed by atoms with Crippen LogP contribution in [0.3, 0.4) is 0 Å². The number of alkyl carbamates (subject to hydrolysis) is 1. The number of nitrogens with one attached hydrogen (secondary N) is 1. The topological polar surface area (TPSA) is 128 Å². The van der Waals surface area contributed by atoms with Crippen LogP contribution in [-0.2, 0) is 34.3 Å². The molecular weight excluding hydrogens is 667 g/mol. The third-order valence-corrected chi connectivity index (χ3v) is 10.6. The van der Waals surface area contributed by atoms with Crippen LogP contribution in [0, 0.1) is 17.7 Å². The molecule has 3 atom stereocenters. The lowest BCUT2D eigenvalue weighted by atomic mass is 10.1. The number of amides is 4. The molecule has 1 N–H and O–H groups in total. The fourth-order valence-corrected chi connectivity index (χ4v) is 8.32. The van der Waals surface area contributed by atoms with E-state index in [4.69, 9.17) is 14.5 Å². The number of hydrogen-bond donors (Lipinski definition) is 1. The van der Waals surface area contributed by atoms with E-state index in [1.54, 1.807) is 49.4 Å². The molecule has 4 heterocycles. The van der Waals surface area contributed by atoms with Crippen LogP contribution in [0.25, 0.3) is 33.5 Å². The van der Waals surface area contributed by atoms with Gasteiger partial charge in [-0.15, -0.1) is 0 Å². The van der Waals surface area contributed by atoms with Crippen LogP contribution >= 0.6 is 0 Å². The Bertz CT molecular complexity index is 2190. The number of piperidine rings is 1. The van der Waals surface area contributed by atoms with E-state index in [0.717, 1.165) is 52.7 Å². The Morgan fingerprint density at radius 2 is 1.69 bits per heavy atom. The normalized spacial score (nSPS) is 21.4. The summed E-state index contributed by atoms with van der Waals surface area (Å²) in [5.74, 6) is -0.132. The number of benzene rings is 2. The Morgan fingerprint density at radius 3 is 2.38 bits per heavy atom. The average Bonchev–Trinajstić information content (AvgIpc) is 3.27. The minimum atomic E-state index is -0.765. The van der Waals surface area contributed by atoms with Crippen LogP contribution < -0.4 is 10.2 Å². The monoisotopic (exact) mass is 712 g/mol. The number of carbonyl (C=O) groups is 4. The summed E-state index contributed by atoms with van der Waals surface area (Å²) in [7, 11) is 1.76. The van der Waals surface area contributed by atoms with Crippen molar-refractivity contribution in [2.75, 3.05) is 11.4 Å². The lowest BCUT2D eigenvalue weighted by Crippen LogP contribution is -2.46. The highest BCUT2D eigenvalue weighted by Gasteiger charge is 2.50. The SMILES string of the molecule is Cn1c(-c2cc3ccc4c(c3n2CC2CC2)CC(=O)N4C(=O)OC(C)(C)C)nc2cc(C(=O)N3C[C@H]4CC[C@@H]3[C@@H]4NC(=O)OC(C)(C)C)cc(F)c21. The van der Waals surface area contributed by atoms with Crippen molar-refractivity contribution in [2.24, 2.45) is 18.9 Å². The first kappa shape index (κ1) is 34.2. The van der Waals surface area contributed by atoms with E-state index in [0.29, 0.717) is 36.0 Å². The molecule has 2 aliphatic heterocycles. The summed E-state index contributed by atoms with van der Waals surface area (Å²) in [6.45, 7) is 11.9. The predicted octanol–water partition coefficient (Wildman–Crippen LogP) is 6.70. The number of aromatic nitrogens is 3. The second kappa shape index (κ2) is 11.8. The third kappa shape index (κ3) is 5.87. The molecule has 0 unspecified atom stereocenters. The van der Waals surface area contributed by atoms with Crippen LogP contribution in [-0.4, -0.2) is 72.8 Å². The van der Waals surface area contributed by atoms with Gasteiger partial charge in [0, 0.05) is 36.7 Å². The summed E-state index contributed by atoms with van der Waals surface area (Å²) in [5.41, 5.74) is 2.30. The maximum Gasteiger partial charge on any atom is 0.421 e. The number of nitrogens with zero attached hydrogens (tertiary/aromatic N) is 5. The van der Waals surface area contributed by atoms with E-state index in [1.165, 1.54) is 6.07 Å². The van der Waals surface area contributed by atoms with E-state index in [-0.39, 0.29) is 47.3 Å². The van der Waals surface area contributed by atoms with Gasteiger partial charge in [-0.1, -0.05) is 6.07 Å². The van der Waals surface area contributed by atoms with Crippen molar-refractivity contribution in [1.29, 1.82) is 0 Å². The largest absolute Gasteiger partial charge is 0.444 e. The second-order valence-electron chi connectivity index (χ2n) is 16.8. The number of carbonyl (C=O) groups excluding carboxylic acids is 4. The molecule has 52 heavy (non-hydrogen) atoms. The summed E-state index contributed by atoms with van der Waals surface area (Å²) < 4.78 is 31.0. The first-order valence-corrected chi connectivity index (χ1v) is 18.2. The van der Waals surface area contributed by atoms with E-state index >= 15 is 4.39 Å². The molecular formula is C39H45FN6O6. The Labute approximate surface area is 301 Å². The Hall–Kier alpha value is -4.94. The highest BCUT2D eigenvalue weighted by Crippen LogP contribution is 2.43. The fourth-order valence-electron chi connectivity index (χ4n) is 8.32. The summed E-state index contributed by atoms with van der Waals surface area (Å²) in [6, 6.07) is 8.17. The number of anilines is 1. The molecule has 2 aromatic carbocycles. The minimum absolute atomic E-state index is 0.0508. The van der Waals surface area contributed by atoms with Gasteiger partial charge in [-0.25, -0.2) is 23.9 Å². The van der Waals surface area contributed by atoms with Gasteiger partial charge in [-0.3, -0.25) is 9.59 Å². The van der Waals surface area contributed by atoms with Gasteiger partial charge >= 0.3 is 12.2 Å². The summed E-state index contributed by atoms with van der Waals surface area (Å²) >= 11 is 0. The highest BCUT2D eigenvalue weighted by molar-refractivity contribution is 6.19. The fraction of sp³-hybridized carbons (Fsp3) is 0.513. The molecule has 12 nitrogen and oxygen atoms in total. The quantitative estimate of drug-likeness (QED) is 0.244. The second-order valence-corrected chi connectivity index (χ2v) is 16.8. The number of ether oxygens (including phenoxy) is 2. The van der Waals surface area contributed by atoms with E-state index in [9.17, 15) is 19.2 Å². The molecule has 0 radical (unpaired) electrons. The minimum Gasteiger partial charge on any atom is -0.444 e. The van der Waals surface area contributed by atoms with Crippen molar-refractivity contribution in [2.45, 2.75) is 103 Å². The lowest BCUT2D eigenvalue weighted by molar-refractivity contribution is -0.117. The predicted molar refractivity (Wildman–Crippen MR) is 192 cm³/mol. The highest BCUT2D eigenvalue weighted by atomic mass is 19.1. The molecule has 2 aliphatic carbocycles. The summed E-state index contributed by atoms with van der Waals surface area (Å²) in [5, 5.41) is 3.87. The lowest BCUT2D eigenvalue weighted by Gasteiger charge is -2.28. The zero-order chi connectivity index (χ0) is 37.0. The van der Waals surface area contributed by atoms with Gasteiger partial charge in [-0.05, 0) is 103 Å². The zero-order valence-electron chi connectivity index (χ0n) is 30.7. The molecule has 8 rings (SSSR count). The third-order valence-electron chi connectivity index (χ3n) is 10.6. The van der Waals surface area contributed by atoms with Crippen molar-refractivity contribution in [3.05, 3.63) is 47.3 Å². The van der Waals surface area contributed by atoms with Crippen LogP contribution in [0.15, 0.2) is 30.3 Å². The van der Waals surface area contributed by atoms with Crippen molar-refractivity contribution in [3.8, 4) is 11.5 Å². The number of aryl methyl sites for hydroxylation is 1. The molecule has 0 spiro atoms. The van der Waals surface area contributed by atoms with E-state index < -0.39 is 29.2 Å². The van der Waals surface area contributed by atoms with E-state index in [1.807, 2.05) is 32.9 Å². The van der Waals surface area contributed by atoms with Gasteiger partial charge in [0.15, 0.2) is 5.82 Å². The molecule has 1 saturated heterocycles. The average molecular weight is 713 g/mol. The maximum atomic E-state index is 16.1. The Morgan fingerprint density at radius 1 is 0.962 bits per heavy atom. The summed E-state index contributed by atoms with van der Waals surface area (Å²) in [6.07, 6.45) is 2.62. The van der Waals surface area contributed by atoms with Crippen LogP contribution in [0.5, 0.6) is 0 Å². The van der Waals surface area contributed by atoms with Gasteiger partial charge in [0.25, 0.3) is 5.91 Å². The smallest absolute Gasteiger partial charge is 0.421 e. The number of rotatable bonds is 5. The Balaban J connectivity index is 1.14. The van der Waals surface area contributed by atoms with Gasteiger partial charge in [-0.2, -0.15) is 0 Å². The Kier molecular flexibility index (Phi) is 7.75. The molecule has 13 heteroatoms. The number of fused-ring (bicyclic) bond motifs is 6. The first-order chi connectivity index (χ1) is 24.5. The molecule has 4 aliphatic rings. The van der Waals surface area contributed by atoms with Crippen LogP contribution in [0.1, 0.15) is 83.1 Å².